The monoisotopic (exact) mass is 310 g/mol. The summed E-state index contributed by atoms with van der Waals surface area (Å²) < 4.78 is 29.8. The summed E-state index contributed by atoms with van der Waals surface area (Å²) in [6.45, 7) is 0. The third-order valence-electron chi connectivity index (χ3n) is 1.54. The summed E-state index contributed by atoms with van der Waals surface area (Å²) in [5.41, 5.74) is -0.440. The summed E-state index contributed by atoms with van der Waals surface area (Å²) in [6.07, 6.45) is -2.70. The van der Waals surface area contributed by atoms with Crippen LogP contribution in [-0.4, -0.2) is 12.1 Å². The molecule has 0 spiro atoms. The summed E-state index contributed by atoms with van der Waals surface area (Å²) in [5.74, 6) is 0.162. The number of halogens is 3. The second-order valence-electron chi connectivity index (χ2n) is 2.33. The van der Waals surface area contributed by atoms with Crippen molar-refractivity contribution in [2.45, 2.75) is 6.43 Å². The van der Waals surface area contributed by atoms with Gasteiger partial charge in [0.15, 0.2) is 0 Å². The van der Waals surface area contributed by atoms with Gasteiger partial charge in [-0.2, -0.15) is 5.26 Å². The SMILES string of the molecule is COc1cc(C#N)c(C(F)F)c(I)n1. The minimum absolute atomic E-state index is 0.0912. The predicted molar refractivity (Wildman–Crippen MR) is 53.2 cm³/mol. The predicted octanol–water partition coefficient (Wildman–Crippen LogP) is 2.50. The van der Waals surface area contributed by atoms with Crippen LogP contribution in [0.25, 0.3) is 0 Å². The van der Waals surface area contributed by atoms with Crippen LogP contribution in [0.3, 0.4) is 0 Å². The molecule has 0 unspecified atom stereocenters. The lowest BCUT2D eigenvalue weighted by Crippen LogP contribution is -2.00. The highest BCUT2D eigenvalue weighted by Gasteiger charge is 2.19. The summed E-state index contributed by atoms with van der Waals surface area (Å²) >= 11 is 1.65. The van der Waals surface area contributed by atoms with Gasteiger partial charge in [0.1, 0.15) is 3.70 Å². The molecular formula is C8H5F2IN2O. The molecule has 1 aromatic heterocycles. The summed E-state index contributed by atoms with van der Waals surface area (Å²) in [5, 5.41) is 8.64. The third-order valence-corrected chi connectivity index (χ3v) is 2.36. The van der Waals surface area contributed by atoms with E-state index in [4.69, 9.17) is 10.00 Å². The second-order valence-corrected chi connectivity index (χ2v) is 3.35. The molecule has 0 aliphatic rings. The van der Waals surface area contributed by atoms with Crippen molar-refractivity contribution < 1.29 is 13.5 Å². The number of alkyl halides is 2. The van der Waals surface area contributed by atoms with Gasteiger partial charge in [0.25, 0.3) is 6.43 Å². The number of ether oxygens (including phenoxy) is 1. The number of methoxy groups -OCH3 is 1. The van der Waals surface area contributed by atoms with E-state index in [1.165, 1.54) is 13.2 Å². The third kappa shape index (κ3) is 2.09. The summed E-state index contributed by atoms with van der Waals surface area (Å²) in [7, 11) is 1.36. The molecule has 6 heteroatoms. The van der Waals surface area contributed by atoms with E-state index < -0.39 is 6.43 Å². The maximum absolute atomic E-state index is 12.5. The molecular weight excluding hydrogens is 305 g/mol. The molecule has 74 valence electrons. The van der Waals surface area contributed by atoms with E-state index in [9.17, 15) is 8.78 Å². The van der Waals surface area contributed by atoms with Gasteiger partial charge >= 0.3 is 0 Å². The molecule has 3 nitrogen and oxygen atoms in total. The van der Waals surface area contributed by atoms with E-state index in [-0.39, 0.29) is 20.7 Å². The van der Waals surface area contributed by atoms with Gasteiger partial charge in [-0.25, -0.2) is 13.8 Å². The Labute approximate surface area is 92.8 Å². The molecule has 0 aliphatic carbocycles. The normalized spacial score (nSPS) is 10.0. The van der Waals surface area contributed by atoms with Crippen molar-refractivity contribution in [3.8, 4) is 11.9 Å². The molecule has 0 amide bonds. The molecule has 1 rings (SSSR count). The largest absolute Gasteiger partial charge is 0.481 e. The molecule has 0 aliphatic heterocycles. The number of nitrogens with zero attached hydrogens (tertiary/aromatic N) is 2. The van der Waals surface area contributed by atoms with Gasteiger partial charge in [-0.15, -0.1) is 0 Å². The maximum Gasteiger partial charge on any atom is 0.267 e. The van der Waals surface area contributed by atoms with E-state index in [0.29, 0.717) is 0 Å². The lowest BCUT2D eigenvalue weighted by atomic mass is 10.1. The molecule has 14 heavy (non-hydrogen) atoms. The van der Waals surface area contributed by atoms with Crippen molar-refractivity contribution in [2.24, 2.45) is 0 Å². The Morgan fingerprint density at radius 3 is 2.71 bits per heavy atom. The number of aromatic nitrogens is 1. The highest BCUT2D eigenvalue weighted by Crippen LogP contribution is 2.28. The number of hydrogen-bond donors (Lipinski definition) is 0. The standard InChI is InChI=1S/C8H5F2IN2O/c1-14-5-2-4(3-12)6(7(9)10)8(11)13-5/h2,7H,1H3. The van der Waals surface area contributed by atoms with E-state index in [1.807, 2.05) is 0 Å². The van der Waals surface area contributed by atoms with Gasteiger partial charge in [0, 0.05) is 6.07 Å². The molecule has 0 saturated heterocycles. The fourth-order valence-electron chi connectivity index (χ4n) is 0.906. The molecule has 0 saturated carbocycles. The van der Waals surface area contributed by atoms with Gasteiger partial charge in [0.2, 0.25) is 5.88 Å². The van der Waals surface area contributed by atoms with Gasteiger partial charge in [-0.1, -0.05) is 0 Å². The smallest absolute Gasteiger partial charge is 0.267 e. The zero-order valence-electron chi connectivity index (χ0n) is 7.09. The molecule has 0 N–H and O–H groups in total. The van der Waals surface area contributed by atoms with Crippen LogP contribution in [0.4, 0.5) is 8.78 Å². The first-order chi connectivity index (χ1) is 6.60. The van der Waals surface area contributed by atoms with Crippen LogP contribution in [0.1, 0.15) is 17.6 Å². The molecule has 0 radical (unpaired) electrons. The first kappa shape index (κ1) is 11.1. The van der Waals surface area contributed by atoms with Crippen molar-refractivity contribution in [3.05, 3.63) is 20.9 Å². The zero-order valence-corrected chi connectivity index (χ0v) is 9.25. The Balaban J connectivity index is 3.37. The quantitative estimate of drug-likeness (QED) is 0.623. The molecule has 0 aromatic carbocycles. The minimum Gasteiger partial charge on any atom is -0.481 e. The maximum atomic E-state index is 12.5. The van der Waals surface area contributed by atoms with Crippen LogP contribution in [0.2, 0.25) is 0 Å². The Morgan fingerprint density at radius 2 is 2.29 bits per heavy atom. The highest BCUT2D eigenvalue weighted by molar-refractivity contribution is 14.1. The molecule has 1 heterocycles. The Hall–Kier alpha value is -0.970. The van der Waals surface area contributed by atoms with Gasteiger partial charge in [0.05, 0.1) is 24.3 Å². The zero-order chi connectivity index (χ0) is 10.7. The van der Waals surface area contributed by atoms with Crippen molar-refractivity contribution in [3.63, 3.8) is 0 Å². The number of hydrogen-bond acceptors (Lipinski definition) is 3. The Bertz CT molecular complexity index is 390. The average Bonchev–Trinajstić information content (AvgIpc) is 2.15. The van der Waals surface area contributed by atoms with Crippen LogP contribution < -0.4 is 4.74 Å². The number of pyridine rings is 1. The first-order valence-electron chi connectivity index (χ1n) is 3.52. The van der Waals surface area contributed by atoms with Gasteiger partial charge in [-0.05, 0) is 22.6 Å². The molecule has 0 bridgehead atoms. The summed E-state index contributed by atoms with van der Waals surface area (Å²) in [4.78, 5) is 3.75. The Kier molecular flexibility index (Phi) is 3.57. The topological polar surface area (TPSA) is 45.9 Å². The lowest BCUT2D eigenvalue weighted by Gasteiger charge is -2.06. The average molecular weight is 310 g/mol. The summed E-state index contributed by atoms with van der Waals surface area (Å²) in [6, 6.07) is 2.89. The number of nitriles is 1. The van der Waals surface area contributed by atoms with Crippen molar-refractivity contribution >= 4 is 22.6 Å². The lowest BCUT2D eigenvalue weighted by molar-refractivity contribution is 0.149. The first-order valence-corrected chi connectivity index (χ1v) is 4.60. The fourth-order valence-corrected chi connectivity index (χ4v) is 1.67. The molecule has 0 atom stereocenters. The van der Waals surface area contributed by atoms with E-state index in [1.54, 1.807) is 28.7 Å². The number of rotatable bonds is 2. The van der Waals surface area contributed by atoms with E-state index >= 15 is 0 Å². The highest BCUT2D eigenvalue weighted by atomic mass is 127. The van der Waals surface area contributed by atoms with Gasteiger partial charge < -0.3 is 4.74 Å². The van der Waals surface area contributed by atoms with Crippen molar-refractivity contribution in [1.82, 2.24) is 4.98 Å². The Morgan fingerprint density at radius 1 is 1.64 bits per heavy atom. The second kappa shape index (κ2) is 4.50. The van der Waals surface area contributed by atoms with Crippen LogP contribution in [0.5, 0.6) is 5.88 Å². The van der Waals surface area contributed by atoms with E-state index in [0.717, 1.165) is 0 Å². The minimum atomic E-state index is -2.70. The van der Waals surface area contributed by atoms with Crippen LogP contribution in [0, 0.1) is 15.0 Å². The molecule has 1 aromatic rings. The fraction of sp³-hybridized carbons (Fsp3) is 0.250. The van der Waals surface area contributed by atoms with E-state index in [2.05, 4.69) is 4.98 Å². The van der Waals surface area contributed by atoms with Crippen molar-refractivity contribution in [1.29, 1.82) is 5.26 Å². The van der Waals surface area contributed by atoms with Crippen LogP contribution >= 0.6 is 22.6 Å². The van der Waals surface area contributed by atoms with Crippen molar-refractivity contribution in [2.75, 3.05) is 7.11 Å². The van der Waals surface area contributed by atoms with Crippen LogP contribution in [0.15, 0.2) is 6.07 Å². The van der Waals surface area contributed by atoms with Crippen LogP contribution in [-0.2, 0) is 0 Å². The van der Waals surface area contributed by atoms with Gasteiger partial charge in [-0.3, -0.25) is 0 Å². The molecule has 0 fully saturated rings.